The highest BCUT2D eigenvalue weighted by Gasteiger charge is 2.35. The van der Waals surface area contributed by atoms with Gasteiger partial charge in [0.2, 0.25) is 0 Å². The topological polar surface area (TPSA) is 43.1 Å². The van der Waals surface area contributed by atoms with E-state index in [1.807, 2.05) is 0 Å². The van der Waals surface area contributed by atoms with Crippen LogP contribution in [-0.4, -0.2) is 16.6 Å². The smallest absolute Gasteiger partial charge is 0.258 e. The molecule has 0 saturated heterocycles. The maximum Gasteiger partial charge on any atom is 0.417 e. The number of hydrogen-bond acceptors (Lipinski definition) is 3. The van der Waals surface area contributed by atoms with Crippen LogP contribution in [0.4, 0.5) is 18.9 Å². The summed E-state index contributed by atoms with van der Waals surface area (Å²) in [6, 6.07) is 2.75. The van der Waals surface area contributed by atoms with Gasteiger partial charge in [-0.25, -0.2) is 0 Å². The Hall–Kier alpha value is -0.950. The summed E-state index contributed by atoms with van der Waals surface area (Å²) in [7, 11) is 0. The van der Waals surface area contributed by atoms with E-state index in [-0.39, 0.29) is 4.90 Å². The molecule has 100 valence electrons. The predicted molar refractivity (Wildman–Crippen MR) is 64.2 cm³/mol. The zero-order valence-corrected chi connectivity index (χ0v) is 10.6. The number of nitro benzene ring substituents is 1. The van der Waals surface area contributed by atoms with Crippen LogP contribution in [0.15, 0.2) is 23.1 Å². The van der Waals surface area contributed by atoms with Crippen LogP contribution >= 0.6 is 23.4 Å². The molecule has 18 heavy (non-hydrogen) atoms. The number of non-ortho nitro benzene ring substituents is 1. The highest BCUT2D eigenvalue weighted by atomic mass is 35.5. The van der Waals surface area contributed by atoms with Crippen molar-refractivity contribution in [1.82, 2.24) is 0 Å². The second kappa shape index (κ2) is 6.29. The van der Waals surface area contributed by atoms with Crippen molar-refractivity contribution in [3.05, 3.63) is 33.9 Å². The largest absolute Gasteiger partial charge is 0.417 e. The number of hydrogen-bond donors (Lipinski definition) is 0. The van der Waals surface area contributed by atoms with Gasteiger partial charge in [0.05, 0.1) is 10.5 Å². The molecule has 0 radical (unpaired) electrons. The standard InChI is InChI=1S/C10H9ClF3NO2S/c11-4-1-5-18-9-3-2-7(15(16)17)6-8(9)10(12,13)14/h2-3,6H,1,4-5H2. The van der Waals surface area contributed by atoms with Crippen LogP contribution in [0.25, 0.3) is 0 Å². The van der Waals surface area contributed by atoms with Crippen molar-refractivity contribution in [2.75, 3.05) is 11.6 Å². The molecular formula is C10H9ClF3NO2S. The van der Waals surface area contributed by atoms with Gasteiger partial charge in [-0.3, -0.25) is 10.1 Å². The first-order valence-corrected chi connectivity index (χ1v) is 6.42. The maximum atomic E-state index is 12.7. The van der Waals surface area contributed by atoms with E-state index in [4.69, 9.17) is 11.6 Å². The van der Waals surface area contributed by atoms with Crippen LogP contribution in [0.1, 0.15) is 12.0 Å². The Labute approximate surface area is 110 Å². The molecule has 1 aromatic rings. The van der Waals surface area contributed by atoms with E-state index in [9.17, 15) is 23.3 Å². The zero-order valence-electron chi connectivity index (χ0n) is 9.04. The summed E-state index contributed by atoms with van der Waals surface area (Å²) in [5.41, 5.74) is -1.54. The number of rotatable bonds is 5. The first kappa shape index (κ1) is 15.1. The van der Waals surface area contributed by atoms with Gasteiger partial charge in [-0.2, -0.15) is 13.2 Å². The molecule has 0 amide bonds. The van der Waals surface area contributed by atoms with Gasteiger partial charge in [0.25, 0.3) is 5.69 Å². The minimum Gasteiger partial charge on any atom is -0.258 e. The number of alkyl halides is 4. The molecule has 0 saturated carbocycles. The quantitative estimate of drug-likeness (QED) is 0.267. The van der Waals surface area contributed by atoms with Crippen molar-refractivity contribution >= 4 is 29.1 Å². The lowest BCUT2D eigenvalue weighted by Crippen LogP contribution is -2.07. The first-order valence-electron chi connectivity index (χ1n) is 4.90. The molecule has 1 rings (SSSR count). The number of halogens is 4. The summed E-state index contributed by atoms with van der Waals surface area (Å²) in [5, 5.41) is 10.5. The Balaban J connectivity index is 3.05. The second-order valence-electron chi connectivity index (χ2n) is 3.33. The van der Waals surface area contributed by atoms with Crippen molar-refractivity contribution in [1.29, 1.82) is 0 Å². The Bertz CT molecular complexity index is 440. The van der Waals surface area contributed by atoms with E-state index in [1.165, 1.54) is 0 Å². The summed E-state index contributed by atoms with van der Waals surface area (Å²) in [6.07, 6.45) is -4.03. The van der Waals surface area contributed by atoms with Gasteiger partial charge in [0.15, 0.2) is 0 Å². The van der Waals surface area contributed by atoms with Crippen molar-refractivity contribution in [3.8, 4) is 0 Å². The van der Waals surface area contributed by atoms with Gasteiger partial charge in [-0.05, 0) is 18.2 Å². The van der Waals surface area contributed by atoms with Crippen LogP contribution in [-0.2, 0) is 6.18 Å². The maximum absolute atomic E-state index is 12.7. The molecule has 0 unspecified atom stereocenters. The molecule has 0 aromatic heterocycles. The van der Waals surface area contributed by atoms with E-state index in [1.54, 1.807) is 0 Å². The third-order valence-corrected chi connectivity index (χ3v) is 3.44. The third kappa shape index (κ3) is 4.06. The molecular weight excluding hydrogens is 291 g/mol. The van der Waals surface area contributed by atoms with E-state index >= 15 is 0 Å². The molecule has 0 N–H and O–H groups in total. The normalized spacial score (nSPS) is 11.6. The van der Waals surface area contributed by atoms with Crippen molar-refractivity contribution < 1.29 is 18.1 Å². The number of nitrogens with zero attached hydrogens (tertiary/aromatic N) is 1. The molecule has 1 aromatic carbocycles. The highest BCUT2D eigenvalue weighted by molar-refractivity contribution is 7.99. The summed E-state index contributed by atoms with van der Waals surface area (Å²) in [5.74, 6) is 0.797. The summed E-state index contributed by atoms with van der Waals surface area (Å²) in [6.45, 7) is 0. The summed E-state index contributed by atoms with van der Waals surface area (Å²) in [4.78, 5) is 9.61. The van der Waals surface area contributed by atoms with Gasteiger partial charge in [0, 0.05) is 22.9 Å². The Kier molecular flexibility index (Phi) is 5.28. The first-order chi connectivity index (χ1) is 8.36. The van der Waals surface area contributed by atoms with E-state index < -0.39 is 22.4 Å². The molecule has 0 atom stereocenters. The number of nitro groups is 1. The van der Waals surface area contributed by atoms with Gasteiger partial charge in [-0.1, -0.05) is 0 Å². The lowest BCUT2D eigenvalue weighted by molar-refractivity contribution is -0.385. The average molecular weight is 300 g/mol. The molecule has 3 nitrogen and oxygen atoms in total. The minimum absolute atomic E-state index is 0.0155. The van der Waals surface area contributed by atoms with Crippen LogP contribution in [0, 0.1) is 10.1 Å². The van der Waals surface area contributed by atoms with Crippen LogP contribution in [0.2, 0.25) is 0 Å². The minimum atomic E-state index is -4.60. The number of benzene rings is 1. The Morgan fingerprint density at radius 2 is 2.06 bits per heavy atom. The van der Waals surface area contributed by atoms with Gasteiger partial charge in [0.1, 0.15) is 0 Å². The summed E-state index contributed by atoms with van der Waals surface area (Å²) < 4.78 is 38.2. The van der Waals surface area contributed by atoms with Gasteiger partial charge in [-0.15, -0.1) is 23.4 Å². The Morgan fingerprint density at radius 1 is 1.39 bits per heavy atom. The lowest BCUT2D eigenvalue weighted by Gasteiger charge is -2.11. The van der Waals surface area contributed by atoms with Crippen LogP contribution < -0.4 is 0 Å². The molecule has 0 aliphatic carbocycles. The lowest BCUT2D eigenvalue weighted by atomic mass is 10.2. The highest BCUT2D eigenvalue weighted by Crippen LogP contribution is 2.38. The predicted octanol–water partition coefficient (Wildman–Crippen LogP) is 4.33. The van der Waals surface area contributed by atoms with E-state index in [0.29, 0.717) is 24.1 Å². The van der Waals surface area contributed by atoms with Crippen LogP contribution in [0.3, 0.4) is 0 Å². The molecule has 8 heteroatoms. The Morgan fingerprint density at radius 3 is 2.56 bits per heavy atom. The average Bonchev–Trinajstić information content (AvgIpc) is 2.28. The molecule has 0 fully saturated rings. The van der Waals surface area contributed by atoms with Gasteiger partial charge < -0.3 is 0 Å². The molecule has 0 aliphatic rings. The zero-order chi connectivity index (χ0) is 13.8. The van der Waals surface area contributed by atoms with E-state index in [0.717, 1.165) is 23.9 Å². The van der Waals surface area contributed by atoms with Gasteiger partial charge >= 0.3 is 6.18 Å². The molecule has 0 spiro atoms. The fourth-order valence-electron chi connectivity index (χ4n) is 1.22. The van der Waals surface area contributed by atoms with Crippen molar-refractivity contribution in [2.24, 2.45) is 0 Å². The SMILES string of the molecule is O=[N+]([O-])c1ccc(SCCCCl)c(C(F)(F)F)c1. The van der Waals surface area contributed by atoms with E-state index in [2.05, 4.69) is 0 Å². The van der Waals surface area contributed by atoms with Crippen LogP contribution in [0.5, 0.6) is 0 Å². The summed E-state index contributed by atoms with van der Waals surface area (Å²) >= 11 is 6.43. The fourth-order valence-corrected chi connectivity index (χ4v) is 2.51. The molecule has 0 heterocycles. The number of thioether (sulfide) groups is 1. The monoisotopic (exact) mass is 299 g/mol. The third-order valence-electron chi connectivity index (χ3n) is 2.01. The fraction of sp³-hybridized carbons (Fsp3) is 0.400. The molecule has 0 aliphatic heterocycles. The van der Waals surface area contributed by atoms with Crippen molar-refractivity contribution in [2.45, 2.75) is 17.5 Å². The van der Waals surface area contributed by atoms with Crippen molar-refractivity contribution in [3.63, 3.8) is 0 Å². The molecule has 0 bridgehead atoms. The second-order valence-corrected chi connectivity index (χ2v) is 4.84.